The number of hydrogen-bond donors (Lipinski definition) is 0. The van der Waals surface area contributed by atoms with E-state index in [1.807, 2.05) is 18.7 Å². The lowest BCUT2D eigenvalue weighted by atomic mass is 10.1. The molecule has 3 aliphatic rings. The van der Waals surface area contributed by atoms with Crippen LogP contribution in [0.4, 0.5) is 0 Å². The Morgan fingerprint density at radius 3 is 1.93 bits per heavy atom. The molecule has 0 saturated carbocycles. The van der Waals surface area contributed by atoms with Crippen molar-refractivity contribution in [2.75, 3.05) is 45.9 Å². The highest BCUT2D eigenvalue weighted by atomic mass is 32.2. The lowest BCUT2D eigenvalue weighted by molar-refractivity contribution is -0.0458. The minimum absolute atomic E-state index is 0.136. The first-order valence-corrected chi connectivity index (χ1v) is 11.3. The van der Waals surface area contributed by atoms with E-state index in [4.69, 9.17) is 4.74 Å². The number of amides is 2. The van der Waals surface area contributed by atoms with Crippen LogP contribution in [0.15, 0.2) is 24.3 Å². The van der Waals surface area contributed by atoms with E-state index in [2.05, 4.69) is 0 Å². The predicted octanol–water partition coefficient (Wildman–Crippen LogP) is 0.212. The van der Waals surface area contributed by atoms with E-state index in [0.29, 0.717) is 50.4 Å². The van der Waals surface area contributed by atoms with Gasteiger partial charge in [-0.3, -0.25) is 19.4 Å². The van der Waals surface area contributed by atoms with Gasteiger partial charge in [0, 0.05) is 39.3 Å². The molecule has 10 heteroatoms. The highest BCUT2D eigenvalue weighted by molar-refractivity contribution is 7.86. The predicted molar refractivity (Wildman–Crippen MR) is 105 cm³/mol. The molecule has 2 fully saturated rings. The van der Waals surface area contributed by atoms with Crippen LogP contribution < -0.4 is 0 Å². The van der Waals surface area contributed by atoms with Crippen LogP contribution >= 0.6 is 0 Å². The Morgan fingerprint density at radius 1 is 0.897 bits per heavy atom. The van der Waals surface area contributed by atoms with Gasteiger partial charge in [0.15, 0.2) is 0 Å². The number of carbonyl (C=O) groups excluding carboxylic acids is 2. The number of morpholine rings is 1. The largest absolute Gasteiger partial charge is 0.373 e. The number of imide groups is 1. The lowest BCUT2D eigenvalue weighted by Crippen LogP contribution is -2.58. The van der Waals surface area contributed by atoms with E-state index in [0.717, 1.165) is 0 Å². The fourth-order valence-corrected chi connectivity index (χ4v) is 5.90. The van der Waals surface area contributed by atoms with Gasteiger partial charge in [0.2, 0.25) is 0 Å². The van der Waals surface area contributed by atoms with Crippen LogP contribution in [0.25, 0.3) is 0 Å². The first-order valence-electron chi connectivity index (χ1n) is 9.85. The number of fused-ring (bicyclic) bond motifs is 1. The topological polar surface area (TPSA) is 90.5 Å². The molecule has 0 spiro atoms. The van der Waals surface area contributed by atoms with E-state index in [9.17, 15) is 18.0 Å². The zero-order valence-corrected chi connectivity index (χ0v) is 17.5. The van der Waals surface area contributed by atoms with Crippen molar-refractivity contribution in [2.45, 2.75) is 26.1 Å². The van der Waals surface area contributed by atoms with Crippen molar-refractivity contribution >= 4 is 22.0 Å². The summed E-state index contributed by atoms with van der Waals surface area (Å²) in [4.78, 5) is 28.2. The standard InChI is InChI=1S/C19H26N4O5S/c1-14-11-22(12-15(2)28-14)29(26,27)21-9-7-20(8-10-21)13-23-18(24)16-5-3-4-6-17(16)19(23)25/h3-6,14-15H,7-13H2,1-2H3. The molecule has 9 nitrogen and oxygen atoms in total. The second-order valence-electron chi connectivity index (χ2n) is 7.82. The maximum Gasteiger partial charge on any atom is 0.282 e. The summed E-state index contributed by atoms with van der Waals surface area (Å²) in [7, 11) is -3.55. The summed E-state index contributed by atoms with van der Waals surface area (Å²) in [5, 5.41) is 0. The van der Waals surface area contributed by atoms with Crippen molar-refractivity contribution in [3.05, 3.63) is 35.4 Å². The van der Waals surface area contributed by atoms with Gasteiger partial charge >= 0.3 is 0 Å². The van der Waals surface area contributed by atoms with Gasteiger partial charge in [0.05, 0.1) is 30.0 Å². The Bertz CT molecular complexity index is 868. The first-order chi connectivity index (χ1) is 13.8. The smallest absolute Gasteiger partial charge is 0.282 e. The van der Waals surface area contributed by atoms with Gasteiger partial charge in [0.25, 0.3) is 22.0 Å². The maximum atomic E-state index is 13.0. The number of carbonyl (C=O) groups is 2. The fraction of sp³-hybridized carbons (Fsp3) is 0.579. The second-order valence-corrected chi connectivity index (χ2v) is 9.75. The van der Waals surface area contributed by atoms with Gasteiger partial charge in [-0.05, 0) is 26.0 Å². The SMILES string of the molecule is CC1CN(S(=O)(=O)N2CCN(CN3C(=O)c4ccccc4C3=O)CC2)CC(C)O1. The molecule has 0 aromatic heterocycles. The maximum absolute atomic E-state index is 13.0. The Hall–Kier alpha value is -1.85. The molecule has 158 valence electrons. The summed E-state index contributed by atoms with van der Waals surface area (Å²) in [5.41, 5.74) is 0.851. The number of hydrogen-bond acceptors (Lipinski definition) is 6. The molecule has 1 aromatic rings. The molecule has 4 rings (SSSR count). The van der Waals surface area contributed by atoms with Crippen molar-refractivity contribution in [1.82, 2.24) is 18.4 Å². The van der Waals surface area contributed by atoms with Crippen LogP contribution in [0.3, 0.4) is 0 Å². The molecule has 0 radical (unpaired) electrons. The summed E-state index contributed by atoms with van der Waals surface area (Å²) >= 11 is 0. The molecule has 29 heavy (non-hydrogen) atoms. The molecule has 0 bridgehead atoms. The lowest BCUT2D eigenvalue weighted by Gasteiger charge is -2.40. The van der Waals surface area contributed by atoms with Crippen LogP contribution in [0.2, 0.25) is 0 Å². The second kappa shape index (κ2) is 7.77. The number of ether oxygens (including phenoxy) is 1. The van der Waals surface area contributed by atoms with E-state index in [-0.39, 0.29) is 30.7 Å². The molecule has 1 aromatic carbocycles. The van der Waals surface area contributed by atoms with Crippen LogP contribution in [0, 0.1) is 0 Å². The Morgan fingerprint density at radius 2 is 1.41 bits per heavy atom. The fourth-order valence-electron chi connectivity index (χ4n) is 4.15. The summed E-state index contributed by atoms with van der Waals surface area (Å²) in [5.74, 6) is -0.589. The molecule has 3 heterocycles. The zero-order valence-electron chi connectivity index (χ0n) is 16.7. The van der Waals surface area contributed by atoms with E-state index in [1.165, 1.54) is 13.5 Å². The van der Waals surface area contributed by atoms with Gasteiger partial charge in [-0.2, -0.15) is 17.0 Å². The minimum atomic E-state index is -3.55. The zero-order chi connectivity index (χ0) is 20.8. The molecule has 0 aliphatic carbocycles. The highest BCUT2D eigenvalue weighted by Gasteiger charge is 2.39. The van der Waals surface area contributed by atoms with Gasteiger partial charge in [-0.25, -0.2) is 0 Å². The highest BCUT2D eigenvalue weighted by Crippen LogP contribution is 2.23. The molecule has 2 amide bonds. The van der Waals surface area contributed by atoms with Crippen molar-refractivity contribution in [1.29, 1.82) is 0 Å². The van der Waals surface area contributed by atoms with E-state index in [1.54, 1.807) is 24.3 Å². The van der Waals surface area contributed by atoms with E-state index < -0.39 is 10.2 Å². The quantitative estimate of drug-likeness (QED) is 0.645. The molecule has 0 N–H and O–H groups in total. The van der Waals surface area contributed by atoms with Crippen molar-refractivity contribution in [2.24, 2.45) is 0 Å². The van der Waals surface area contributed by atoms with Gasteiger partial charge < -0.3 is 4.74 Å². The summed E-state index contributed by atoms with van der Waals surface area (Å²) < 4.78 is 34.6. The van der Waals surface area contributed by atoms with Gasteiger partial charge in [-0.15, -0.1) is 0 Å². The summed E-state index contributed by atoms with van der Waals surface area (Å²) in [6.07, 6.45) is -0.271. The van der Waals surface area contributed by atoms with Crippen molar-refractivity contribution in [3.63, 3.8) is 0 Å². The molecule has 2 atom stereocenters. The van der Waals surface area contributed by atoms with Crippen LogP contribution in [0.1, 0.15) is 34.6 Å². The summed E-state index contributed by atoms with van der Waals surface area (Å²) in [6, 6.07) is 6.80. The van der Waals surface area contributed by atoms with Gasteiger partial charge in [-0.1, -0.05) is 12.1 Å². The number of piperazine rings is 1. The molecule has 2 saturated heterocycles. The average Bonchev–Trinajstić information content (AvgIpc) is 2.93. The van der Waals surface area contributed by atoms with Crippen molar-refractivity contribution < 1.29 is 22.7 Å². The van der Waals surface area contributed by atoms with Crippen LogP contribution in [-0.2, 0) is 14.9 Å². The Balaban J connectivity index is 1.37. The molecule has 2 unspecified atom stereocenters. The summed E-state index contributed by atoms with van der Waals surface area (Å²) in [6.45, 7) is 6.19. The Labute approximate surface area is 171 Å². The molecular weight excluding hydrogens is 396 g/mol. The monoisotopic (exact) mass is 422 g/mol. The van der Waals surface area contributed by atoms with Crippen LogP contribution in [0.5, 0.6) is 0 Å². The van der Waals surface area contributed by atoms with Crippen LogP contribution in [-0.4, -0.2) is 96.8 Å². The first kappa shape index (κ1) is 20.4. The van der Waals surface area contributed by atoms with Crippen molar-refractivity contribution in [3.8, 4) is 0 Å². The Kier molecular flexibility index (Phi) is 5.47. The van der Waals surface area contributed by atoms with Gasteiger partial charge in [0.1, 0.15) is 0 Å². The molecule has 3 aliphatic heterocycles. The third-order valence-corrected chi connectivity index (χ3v) is 7.56. The number of rotatable bonds is 4. The average molecular weight is 423 g/mol. The third-order valence-electron chi connectivity index (χ3n) is 5.59. The number of nitrogens with zero attached hydrogens (tertiary/aromatic N) is 4. The van der Waals surface area contributed by atoms with E-state index >= 15 is 0 Å². The minimum Gasteiger partial charge on any atom is -0.373 e. The molecular formula is C19H26N4O5S. The number of benzene rings is 1. The normalized spacial score (nSPS) is 27.4. The third kappa shape index (κ3) is 3.82.